The van der Waals surface area contributed by atoms with Gasteiger partial charge in [-0.15, -0.1) is 0 Å². The van der Waals surface area contributed by atoms with E-state index in [9.17, 15) is 14.4 Å². The van der Waals surface area contributed by atoms with Crippen LogP contribution in [0.4, 0.5) is 0 Å². The topological polar surface area (TPSA) is 118 Å². The van der Waals surface area contributed by atoms with E-state index in [1.807, 2.05) is 48.5 Å². The number of aromatic nitrogens is 3. The molecule has 1 fully saturated rings. The number of hydrogen-bond acceptors (Lipinski definition) is 7. The zero-order valence-corrected chi connectivity index (χ0v) is 24.5. The maximum atomic E-state index is 13.6. The van der Waals surface area contributed by atoms with Crippen molar-refractivity contribution in [3.8, 4) is 11.5 Å². The summed E-state index contributed by atoms with van der Waals surface area (Å²) in [7, 11) is 1.57. The Hall–Kier alpha value is -5.19. The Morgan fingerprint density at radius 2 is 1.86 bits per heavy atom. The van der Waals surface area contributed by atoms with E-state index >= 15 is 0 Å². The molecule has 2 atom stereocenters. The van der Waals surface area contributed by atoms with Crippen LogP contribution in [0, 0.1) is 5.92 Å². The smallest absolute Gasteiger partial charge is 0.254 e. The van der Waals surface area contributed by atoms with Crippen LogP contribution in [0.3, 0.4) is 0 Å². The second kappa shape index (κ2) is 13.0. The molecule has 1 N–H and O–H groups in total. The van der Waals surface area contributed by atoms with E-state index in [0.717, 1.165) is 11.1 Å². The van der Waals surface area contributed by atoms with E-state index in [1.54, 1.807) is 51.9 Å². The number of pyridine rings is 1. The van der Waals surface area contributed by atoms with Crippen molar-refractivity contribution in [3.05, 3.63) is 96.0 Å². The fourth-order valence-corrected chi connectivity index (χ4v) is 5.79. The van der Waals surface area contributed by atoms with Gasteiger partial charge in [0.15, 0.2) is 17.1 Å². The number of nitrogens with one attached hydrogen (secondary N) is 1. The van der Waals surface area contributed by atoms with E-state index in [-0.39, 0.29) is 36.8 Å². The molecule has 3 amide bonds. The number of nitrogens with zero attached hydrogens (tertiary/aromatic N) is 5. The summed E-state index contributed by atoms with van der Waals surface area (Å²) in [5, 5.41) is 7.16. The summed E-state index contributed by atoms with van der Waals surface area (Å²) in [6.07, 6.45) is 7.07. The molecule has 0 radical (unpaired) electrons. The van der Waals surface area contributed by atoms with Crippen LogP contribution in [-0.4, -0.2) is 88.6 Å². The van der Waals surface area contributed by atoms with Crippen LogP contribution in [0.15, 0.2) is 79.3 Å². The first-order valence-electron chi connectivity index (χ1n) is 14.7. The van der Waals surface area contributed by atoms with Crippen molar-refractivity contribution in [3.63, 3.8) is 0 Å². The van der Waals surface area contributed by atoms with Crippen LogP contribution in [0.5, 0.6) is 11.5 Å². The first-order chi connectivity index (χ1) is 21.5. The van der Waals surface area contributed by atoms with Crippen molar-refractivity contribution in [1.82, 2.24) is 29.7 Å². The van der Waals surface area contributed by atoms with Gasteiger partial charge in [0.2, 0.25) is 11.8 Å². The fourth-order valence-electron chi connectivity index (χ4n) is 5.79. The SMILES string of the molecule is COc1ccc2cc1OCCN(C(=O)C=Cc1ccccc1)CCCNC(=O)[C@H]1CN(C(=O)c3ccn4ncnc4c3)C[C@H]21. The number of likely N-dealkylation sites (tertiary alicyclic amines) is 1. The van der Waals surface area contributed by atoms with Crippen molar-refractivity contribution >= 4 is 29.4 Å². The van der Waals surface area contributed by atoms with E-state index in [2.05, 4.69) is 15.4 Å². The number of ether oxygens (including phenoxy) is 2. The van der Waals surface area contributed by atoms with E-state index in [0.29, 0.717) is 55.3 Å². The van der Waals surface area contributed by atoms with Crippen molar-refractivity contribution in [2.45, 2.75) is 12.3 Å². The van der Waals surface area contributed by atoms with Gasteiger partial charge in [0.25, 0.3) is 5.91 Å². The van der Waals surface area contributed by atoms with Crippen molar-refractivity contribution in [2.24, 2.45) is 5.92 Å². The van der Waals surface area contributed by atoms with Crippen LogP contribution >= 0.6 is 0 Å². The zero-order chi connectivity index (χ0) is 30.5. The van der Waals surface area contributed by atoms with Crippen LogP contribution in [-0.2, 0) is 9.59 Å². The van der Waals surface area contributed by atoms with E-state index < -0.39 is 5.92 Å². The lowest BCUT2D eigenvalue weighted by Gasteiger charge is -2.24. The third-order valence-corrected chi connectivity index (χ3v) is 8.14. The van der Waals surface area contributed by atoms with Gasteiger partial charge in [-0.05, 0) is 47.9 Å². The van der Waals surface area contributed by atoms with Gasteiger partial charge in [-0.25, -0.2) is 9.50 Å². The summed E-state index contributed by atoms with van der Waals surface area (Å²) < 4.78 is 13.3. The molecule has 0 spiro atoms. The van der Waals surface area contributed by atoms with Gasteiger partial charge < -0.3 is 24.6 Å². The summed E-state index contributed by atoms with van der Waals surface area (Å²) in [5.74, 6) is -0.0656. The first-order valence-corrected chi connectivity index (χ1v) is 14.7. The third kappa shape index (κ3) is 6.26. The summed E-state index contributed by atoms with van der Waals surface area (Å²) >= 11 is 0. The monoisotopic (exact) mass is 594 g/mol. The minimum atomic E-state index is -0.466. The molecule has 11 nitrogen and oxygen atoms in total. The molecule has 6 rings (SSSR count). The van der Waals surface area contributed by atoms with Crippen LogP contribution < -0.4 is 14.8 Å². The van der Waals surface area contributed by atoms with Crippen molar-refractivity contribution < 1.29 is 23.9 Å². The number of carbonyl (C=O) groups is 3. The molecule has 2 aliphatic rings. The normalized spacial score (nSPS) is 19.2. The predicted molar refractivity (Wildman–Crippen MR) is 163 cm³/mol. The summed E-state index contributed by atoms with van der Waals surface area (Å²) in [5.41, 5.74) is 2.87. The maximum Gasteiger partial charge on any atom is 0.254 e. The van der Waals surface area contributed by atoms with Gasteiger partial charge in [0.05, 0.1) is 19.6 Å². The van der Waals surface area contributed by atoms with Gasteiger partial charge in [-0.1, -0.05) is 36.4 Å². The zero-order valence-electron chi connectivity index (χ0n) is 24.5. The van der Waals surface area contributed by atoms with Crippen molar-refractivity contribution in [2.75, 3.05) is 46.4 Å². The molecule has 2 bridgehead atoms. The molecule has 2 aliphatic heterocycles. The Morgan fingerprint density at radius 3 is 2.70 bits per heavy atom. The lowest BCUT2D eigenvalue weighted by molar-refractivity contribution is -0.126. The number of benzene rings is 2. The third-order valence-electron chi connectivity index (χ3n) is 8.14. The highest BCUT2D eigenvalue weighted by Gasteiger charge is 2.41. The highest BCUT2D eigenvalue weighted by molar-refractivity contribution is 5.96. The van der Waals surface area contributed by atoms with Crippen molar-refractivity contribution in [1.29, 1.82) is 0 Å². The lowest BCUT2D eigenvalue weighted by Crippen LogP contribution is -2.39. The molecule has 1 saturated heterocycles. The standard InChI is InChI=1S/C33H34N6O5/c1-43-28-10-9-24-18-29(28)44-17-16-37(31(40)11-8-23-6-3-2-4-7-23)14-5-13-34-32(41)27-21-38(20-26(24)27)33(42)25-12-15-39-30(19-25)35-22-36-39/h2-4,6-12,15,18-19,22,26-27H,5,13-14,16-17,20-21H2,1H3,(H,34,41)/t26-,27+/m1/s1. The van der Waals surface area contributed by atoms with Gasteiger partial charge in [0, 0.05) is 49.9 Å². The van der Waals surface area contributed by atoms with Gasteiger partial charge in [-0.3, -0.25) is 14.4 Å². The molecule has 4 aromatic rings. The Balaban J connectivity index is 1.23. The van der Waals surface area contributed by atoms with Crippen LogP contribution in [0.25, 0.3) is 11.7 Å². The summed E-state index contributed by atoms with van der Waals surface area (Å²) in [4.78, 5) is 47.9. The molecule has 2 aromatic heterocycles. The summed E-state index contributed by atoms with van der Waals surface area (Å²) in [6, 6.07) is 18.7. The minimum absolute atomic E-state index is 0.129. The average Bonchev–Trinajstić information content (AvgIpc) is 3.72. The highest BCUT2D eigenvalue weighted by atomic mass is 16.5. The number of carbonyl (C=O) groups excluding carboxylic acids is 3. The van der Waals surface area contributed by atoms with E-state index in [4.69, 9.17) is 9.47 Å². The maximum absolute atomic E-state index is 13.6. The molecule has 0 aliphatic carbocycles. The summed E-state index contributed by atoms with van der Waals surface area (Å²) in [6.45, 7) is 2.12. The Bertz CT molecular complexity index is 1690. The molecule has 0 unspecified atom stereocenters. The largest absolute Gasteiger partial charge is 0.493 e. The Kier molecular flexibility index (Phi) is 8.53. The quantitative estimate of drug-likeness (QED) is 0.361. The number of rotatable bonds is 4. The van der Waals surface area contributed by atoms with Gasteiger partial charge in [0.1, 0.15) is 12.9 Å². The Labute approximate surface area is 255 Å². The van der Waals surface area contributed by atoms with E-state index in [1.165, 1.54) is 6.33 Å². The van der Waals surface area contributed by atoms with Crippen LogP contribution in [0.2, 0.25) is 0 Å². The molecule has 2 aromatic carbocycles. The number of fused-ring (bicyclic) bond motifs is 5. The Morgan fingerprint density at radius 1 is 1.02 bits per heavy atom. The number of methoxy groups -OCH3 is 1. The lowest BCUT2D eigenvalue weighted by atomic mass is 9.88. The molecule has 44 heavy (non-hydrogen) atoms. The first kappa shape index (κ1) is 28.9. The number of hydrogen-bond donors (Lipinski definition) is 1. The van der Waals surface area contributed by atoms with Crippen LogP contribution in [0.1, 0.15) is 33.8 Å². The fraction of sp³-hybridized carbons (Fsp3) is 0.303. The predicted octanol–water partition coefficient (Wildman–Crippen LogP) is 3.03. The molecule has 11 heteroatoms. The van der Waals surface area contributed by atoms with Gasteiger partial charge in [-0.2, -0.15) is 5.10 Å². The number of amides is 3. The minimum Gasteiger partial charge on any atom is -0.493 e. The molecule has 226 valence electrons. The molecular weight excluding hydrogens is 560 g/mol. The second-order valence-electron chi connectivity index (χ2n) is 10.9. The highest BCUT2D eigenvalue weighted by Crippen LogP contribution is 2.38. The molecule has 0 saturated carbocycles. The average molecular weight is 595 g/mol. The molecule has 4 heterocycles. The van der Waals surface area contributed by atoms with Gasteiger partial charge >= 0.3 is 0 Å². The second-order valence-corrected chi connectivity index (χ2v) is 10.9. The molecular formula is C33H34N6O5.